The van der Waals surface area contributed by atoms with E-state index in [9.17, 15) is 0 Å². The van der Waals surface area contributed by atoms with Gasteiger partial charge in [0.15, 0.2) is 0 Å². The summed E-state index contributed by atoms with van der Waals surface area (Å²) in [6, 6.07) is 1.99. The van der Waals surface area contributed by atoms with Gasteiger partial charge in [-0.2, -0.15) is 10.2 Å². The van der Waals surface area contributed by atoms with Gasteiger partial charge in [-0.15, -0.1) is 0 Å². The summed E-state index contributed by atoms with van der Waals surface area (Å²) >= 11 is 5.65. The lowest BCUT2D eigenvalue weighted by Gasteiger charge is -2.12. The minimum absolute atomic E-state index is 0.113. The number of ether oxygens (including phenoxy) is 1. The third-order valence-electron chi connectivity index (χ3n) is 2.43. The van der Waals surface area contributed by atoms with Crippen LogP contribution in [0.2, 0.25) is 5.28 Å². The van der Waals surface area contributed by atoms with Crippen molar-refractivity contribution in [2.24, 2.45) is 0 Å². The van der Waals surface area contributed by atoms with Crippen LogP contribution in [0.5, 0.6) is 5.88 Å². The van der Waals surface area contributed by atoms with E-state index < -0.39 is 0 Å². The van der Waals surface area contributed by atoms with Crippen molar-refractivity contribution >= 4 is 11.6 Å². The Morgan fingerprint density at radius 3 is 2.87 bits per heavy atom. The smallest absolute Gasteiger partial charge is 0.236 e. The standard InChI is InChI=1S/C10H10ClN3O/c11-10-13-6-7(5-12)9(14-10)15-8-3-1-2-4-8/h6,8H,1-4H2. The van der Waals surface area contributed by atoms with Crippen molar-refractivity contribution in [3.63, 3.8) is 0 Å². The maximum Gasteiger partial charge on any atom is 0.236 e. The first kappa shape index (κ1) is 10.2. The highest BCUT2D eigenvalue weighted by Gasteiger charge is 2.19. The maximum absolute atomic E-state index is 8.83. The molecule has 2 rings (SSSR count). The summed E-state index contributed by atoms with van der Waals surface area (Å²) in [5.74, 6) is 0.310. The summed E-state index contributed by atoms with van der Waals surface area (Å²) in [6.07, 6.45) is 5.94. The fraction of sp³-hybridized carbons (Fsp3) is 0.500. The van der Waals surface area contributed by atoms with Crippen LogP contribution in [0.15, 0.2) is 6.20 Å². The predicted octanol–water partition coefficient (Wildman–Crippen LogP) is 2.32. The molecule has 0 aromatic carbocycles. The number of aromatic nitrogens is 2. The molecule has 1 fully saturated rings. The molecule has 1 heterocycles. The molecular weight excluding hydrogens is 214 g/mol. The molecule has 5 heteroatoms. The van der Waals surface area contributed by atoms with E-state index in [0.29, 0.717) is 11.4 Å². The average Bonchev–Trinajstić information content (AvgIpc) is 2.71. The SMILES string of the molecule is N#Cc1cnc(Cl)nc1OC1CCCC1. The van der Waals surface area contributed by atoms with E-state index in [1.54, 1.807) is 0 Å². The molecule has 15 heavy (non-hydrogen) atoms. The second kappa shape index (κ2) is 4.45. The second-order valence-corrected chi connectivity index (χ2v) is 3.83. The van der Waals surface area contributed by atoms with Crippen LogP contribution in [0.4, 0.5) is 0 Å². The van der Waals surface area contributed by atoms with Gasteiger partial charge in [0.25, 0.3) is 0 Å². The Labute approximate surface area is 92.9 Å². The molecule has 0 bridgehead atoms. The molecule has 0 unspecified atom stereocenters. The highest BCUT2D eigenvalue weighted by atomic mass is 35.5. The number of rotatable bonds is 2. The predicted molar refractivity (Wildman–Crippen MR) is 54.6 cm³/mol. The Hall–Kier alpha value is -1.34. The second-order valence-electron chi connectivity index (χ2n) is 3.49. The van der Waals surface area contributed by atoms with Crippen molar-refractivity contribution in [3.8, 4) is 11.9 Å². The zero-order chi connectivity index (χ0) is 10.7. The fourth-order valence-corrected chi connectivity index (χ4v) is 1.80. The summed E-state index contributed by atoms with van der Waals surface area (Å²) in [5.41, 5.74) is 0.339. The lowest BCUT2D eigenvalue weighted by molar-refractivity contribution is 0.200. The zero-order valence-electron chi connectivity index (χ0n) is 8.11. The molecular formula is C10H10ClN3O. The largest absolute Gasteiger partial charge is 0.473 e. The van der Waals surface area contributed by atoms with Crippen molar-refractivity contribution in [1.82, 2.24) is 9.97 Å². The summed E-state index contributed by atoms with van der Waals surface area (Å²) in [7, 11) is 0. The van der Waals surface area contributed by atoms with Crippen LogP contribution >= 0.6 is 11.6 Å². The molecule has 0 spiro atoms. The van der Waals surface area contributed by atoms with Gasteiger partial charge in [0.1, 0.15) is 17.7 Å². The lowest BCUT2D eigenvalue weighted by atomic mass is 10.3. The van der Waals surface area contributed by atoms with Gasteiger partial charge < -0.3 is 4.74 Å². The first-order chi connectivity index (χ1) is 7.29. The average molecular weight is 224 g/mol. The Bertz CT molecular complexity index is 396. The molecule has 1 aromatic rings. The van der Waals surface area contributed by atoms with E-state index in [4.69, 9.17) is 21.6 Å². The monoisotopic (exact) mass is 223 g/mol. The Balaban J connectivity index is 2.18. The van der Waals surface area contributed by atoms with Crippen LogP contribution in [0, 0.1) is 11.3 Å². The molecule has 0 atom stereocenters. The van der Waals surface area contributed by atoms with Crippen LogP contribution in [0.1, 0.15) is 31.2 Å². The van der Waals surface area contributed by atoms with Gasteiger partial charge in [0.2, 0.25) is 11.2 Å². The van der Waals surface area contributed by atoms with Crippen molar-refractivity contribution in [2.45, 2.75) is 31.8 Å². The highest BCUT2D eigenvalue weighted by Crippen LogP contribution is 2.25. The van der Waals surface area contributed by atoms with Gasteiger partial charge in [-0.05, 0) is 37.3 Å². The summed E-state index contributed by atoms with van der Waals surface area (Å²) < 4.78 is 5.62. The molecule has 4 nitrogen and oxygen atoms in total. The topological polar surface area (TPSA) is 58.8 Å². The third kappa shape index (κ3) is 2.37. The molecule has 1 aliphatic rings. The maximum atomic E-state index is 8.83. The molecule has 1 saturated carbocycles. The van der Waals surface area contributed by atoms with Gasteiger partial charge in [0, 0.05) is 0 Å². The van der Waals surface area contributed by atoms with Crippen LogP contribution in [0.25, 0.3) is 0 Å². The Morgan fingerprint density at radius 1 is 1.47 bits per heavy atom. The number of nitrogens with zero attached hydrogens (tertiary/aromatic N) is 3. The quantitative estimate of drug-likeness (QED) is 0.722. The summed E-state index contributed by atoms with van der Waals surface area (Å²) in [5, 5.41) is 8.94. The van der Waals surface area contributed by atoms with E-state index >= 15 is 0 Å². The van der Waals surface area contributed by atoms with Gasteiger partial charge in [-0.1, -0.05) is 0 Å². The van der Waals surface area contributed by atoms with Gasteiger partial charge in [-0.3, -0.25) is 0 Å². The van der Waals surface area contributed by atoms with E-state index in [0.717, 1.165) is 12.8 Å². The zero-order valence-corrected chi connectivity index (χ0v) is 8.87. The minimum Gasteiger partial charge on any atom is -0.473 e. The summed E-state index contributed by atoms with van der Waals surface area (Å²) in [4.78, 5) is 7.65. The Kier molecular flexibility index (Phi) is 3.02. The van der Waals surface area contributed by atoms with E-state index in [1.165, 1.54) is 19.0 Å². The molecule has 0 radical (unpaired) electrons. The molecule has 78 valence electrons. The molecule has 0 N–H and O–H groups in total. The van der Waals surface area contributed by atoms with Crippen LogP contribution in [-0.2, 0) is 0 Å². The van der Waals surface area contributed by atoms with Crippen molar-refractivity contribution in [3.05, 3.63) is 17.0 Å². The van der Waals surface area contributed by atoms with Crippen molar-refractivity contribution < 1.29 is 4.74 Å². The molecule has 0 saturated heterocycles. The van der Waals surface area contributed by atoms with E-state index in [-0.39, 0.29) is 11.4 Å². The molecule has 1 aliphatic carbocycles. The number of halogens is 1. The van der Waals surface area contributed by atoms with Crippen LogP contribution in [-0.4, -0.2) is 16.1 Å². The number of hydrogen-bond donors (Lipinski definition) is 0. The summed E-state index contributed by atoms with van der Waals surface area (Å²) in [6.45, 7) is 0. The van der Waals surface area contributed by atoms with Crippen molar-refractivity contribution in [2.75, 3.05) is 0 Å². The van der Waals surface area contributed by atoms with Gasteiger partial charge in [-0.25, -0.2) is 4.98 Å². The molecule has 0 aliphatic heterocycles. The first-order valence-electron chi connectivity index (χ1n) is 4.89. The number of nitriles is 1. The Morgan fingerprint density at radius 2 is 2.20 bits per heavy atom. The van der Waals surface area contributed by atoms with Crippen LogP contribution in [0.3, 0.4) is 0 Å². The molecule has 0 amide bonds. The highest BCUT2D eigenvalue weighted by molar-refractivity contribution is 6.28. The fourth-order valence-electron chi connectivity index (χ4n) is 1.68. The minimum atomic E-state index is 0.113. The lowest BCUT2D eigenvalue weighted by Crippen LogP contribution is -2.13. The van der Waals surface area contributed by atoms with Crippen molar-refractivity contribution in [1.29, 1.82) is 5.26 Å². The van der Waals surface area contributed by atoms with Crippen LogP contribution < -0.4 is 4.74 Å². The molecule has 1 aromatic heterocycles. The number of hydrogen-bond acceptors (Lipinski definition) is 4. The van der Waals surface area contributed by atoms with Gasteiger partial charge >= 0.3 is 0 Å². The van der Waals surface area contributed by atoms with Gasteiger partial charge in [0.05, 0.1) is 6.20 Å². The first-order valence-corrected chi connectivity index (χ1v) is 5.26. The normalized spacial score (nSPS) is 16.3. The van der Waals surface area contributed by atoms with E-state index in [1.807, 2.05) is 6.07 Å². The van der Waals surface area contributed by atoms with E-state index in [2.05, 4.69) is 9.97 Å². The third-order valence-corrected chi connectivity index (χ3v) is 2.61.